The van der Waals surface area contributed by atoms with Gasteiger partial charge < -0.3 is 20.4 Å². The molecule has 1 aromatic carbocycles. The van der Waals surface area contributed by atoms with Gasteiger partial charge in [-0.25, -0.2) is 4.98 Å². The van der Waals surface area contributed by atoms with Crippen molar-refractivity contribution in [2.75, 3.05) is 42.9 Å². The smallest absolute Gasteiger partial charge is 0.239 e. The Hall–Kier alpha value is -3.77. The van der Waals surface area contributed by atoms with Crippen LogP contribution < -0.4 is 15.5 Å². The second-order valence-corrected chi connectivity index (χ2v) is 9.68. The van der Waals surface area contributed by atoms with Gasteiger partial charge in [-0.1, -0.05) is 12.1 Å². The third kappa shape index (κ3) is 4.56. The highest BCUT2D eigenvalue weighted by Gasteiger charge is 2.29. The first kappa shape index (κ1) is 23.9. The Morgan fingerprint density at radius 3 is 2.72 bits per heavy atom. The topological polar surface area (TPSA) is 110 Å². The number of hydrogen-bond donors (Lipinski definition) is 2. The molecule has 9 nitrogen and oxygen atoms in total. The van der Waals surface area contributed by atoms with Gasteiger partial charge >= 0.3 is 0 Å². The molecule has 2 fully saturated rings. The van der Waals surface area contributed by atoms with Crippen LogP contribution >= 0.6 is 0 Å². The van der Waals surface area contributed by atoms with Crippen LogP contribution in [0.15, 0.2) is 30.5 Å². The van der Waals surface area contributed by atoms with Crippen molar-refractivity contribution in [3.8, 4) is 6.07 Å². The van der Waals surface area contributed by atoms with E-state index in [4.69, 9.17) is 4.98 Å². The fourth-order valence-electron chi connectivity index (χ4n) is 5.24. The van der Waals surface area contributed by atoms with E-state index in [2.05, 4.69) is 44.8 Å². The number of aryl methyl sites for hydroxylation is 1. The Morgan fingerprint density at radius 1 is 1.19 bits per heavy atom. The molecule has 4 heterocycles. The summed E-state index contributed by atoms with van der Waals surface area (Å²) in [7, 11) is 0. The van der Waals surface area contributed by atoms with Crippen LogP contribution in [-0.4, -0.2) is 64.8 Å². The van der Waals surface area contributed by atoms with E-state index in [1.54, 1.807) is 0 Å². The lowest BCUT2D eigenvalue weighted by Crippen LogP contribution is -2.53. The number of benzene rings is 1. The number of carbonyl (C=O) groups is 1. The van der Waals surface area contributed by atoms with E-state index in [1.165, 1.54) is 0 Å². The molecule has 0 saturated carbocycles. The molecular weight excluding hydrogens is 452 g/mol. The molecule has 5 rings (SSSR count). The van der Waals surface area contributed by atoms with Crippen LogP contribution in [0.5, 0.6) is 0 Å². The summed E-state index contributed by atoms with van der Waals surface area (Å²) in [6, 6.07) is 10.0. The molecule has 2 aliphatic heterocycles. The number of anilines is 2. The summed E-state index contributed by atoms with van der Waals surface area (Å²) < 4.78 is 0. The second-order valence-electron chi connectivity index (χ2n) is 9.68. The maximum absolute atomic E-state index is 12.8. The van der Waals surface area contributed by atoms with Gasteiger partial charge in [0.1, 0.15) is 5.82 Å². The largest absolute Gasteiger partial charge is 0.362 e. The number of nitrogens with zero attached hydrogens (tertiary/aromatic N) is 6. The number of rotatable bonds is 5. The SMILES string of the molecule is Cc1c(C#N)cccc1[C@@H](C)Nc1nnc(C)c2cnc(N3CCN(C(=O)[C@H]4CCCN4)CC3)cc12. The minimum absolute atomic E-state index is 0.0231. The maximum Gasteiger partial charge on any atom is 0.239 e. The fraction of sp³-hybridized carbons (Fsp3) is 0.444. The van der Waals surface area contributed by atoms with E-state index >= 15 is 0 Å². The molecule has 0 aliphatic carbocycles. The van der Waals surface area contributed by atoms with Gasteiger partial charge in [0.25, 0.3) is 0 Å². The summed E-state index contributed by atoms with van der Waals surface area (Å²) in [4.78, 5) is 21.7. The molecule has 0 bridgehead atoms. The molecule has 36 heavy (non-hydrogen) atoms. The minimum atomic E-state index is -0.0612. The zero-order valence-corrected chi connectivity index (χ0v) is 21.1. The molecule has 0 spiro atoms. The lowest BCUT2D eigenvalue weighted by molar-refractivity contribution is -0.133. The molecule has 3 aromatic rings. The van der Waals surface area contributed by atoms with Crippen LogP contribution in [-0.2, 0) is 4.79 Å². The lowest BCUT2D eigenvalue weighted by atomic mass is 9.98. The van der Waals surface area contributed by atoms with Crippen molar-refractivity contribution in [2.24, 2.45) is 0 Å². The predicted octanol–water partition coefficient (Wildman–Crippen LogP) is 3.09. The van der Waals surface area contributed by atoms with Crippen molar-refractivity contribution in [1.29, 1.82) is 5.26 Å². The number of aromatic nitrogens is 3. The van der Waals surface area contributed by atoms with Crippen LogP contribution in [0.25, 0.3) is 10.8 Å². The van der Waals surface area contributed by atoms with Crippen LogP contribution in [0.4, 0.5) is 11.6 Å². The molecule has 2 aromatic heterocycles. The fourth-order valence-corrected chi connectivity index (χ4v) is 5.24. The Labute approximate surface area is 211 Å². The quantitative estimate of drug-likeness (QED) is 0.569. The van der Waals surface area contributed by atoms with E-state index in [0.29, 0.717) is 24.5 Å². The summed E-state index contributed by atoms with van der Waals surface area (Å²) in [5, 5.41) is 27.0. The lowest BCUT2D eigenvalue weighted by Gasteiger charge is -2.36. The number of nitrogens with one attached hydrogen (secondary N) is 2. The van der Waals surface area contributed by atoms with E-state index in [9.17, 15) is 10.1 Å². The number of piperazine rings is 1. The summed E-state index contributed by atoms with van der Waals surface area (Å²) in [6.45, 7) is 9.78. The number of amides is 1. The van der Waals surface area contributed by atoms with Gasteiger partial charge in [-0.05, 0) is 63.4 Å². The van der Waals surface area contributed by atoms with Gasteiger partial charge in [-0.3, -0.25) is 4.79 Å². The highest BCUT2D eigenvalue weighted by Crippen LogP contribution is 2.30. The Balaban J connectivity index is 1.37. The van der Waals surface area contributed by atoms with Gasteiger partial charge in [0.05, 0.1) is 29.4 Å². The van der Waals surface area contributed by atoms with Crippen molar-refractivity contribution < 1.29 is 4.79 Å². The van der Waals surface area contributed by atoms with Gasteiger partial charge in [0, 0.05) is 43.1 Å². The second kappa shape index (κ2) is 10.1. The number of pyridine rings is 1. The molecule has 0 radical (unpaired) electrons. The highest BCUT2D eigenvalue weighted by molar-refractivity contribution is 5.94. The minimum Gasteiger partial charge on any atom is -0.362 e. The maximum atomic E-state index is 12.8. The average Bonchev–Trinajstić information content (AvgIpc) is 3.45. The number of nitriles is 1. The Morgan fingerprint density at radius 2 is 2.00 bits per heavy atom. The third-order valence-electron chi connectivity index (χ3n) is 7.42. The van der Waals surface area contributed by atoms with Gasteiger partial charge in [0.2, 0.25) is 5.91 Å². The normalized spacial score (nSPS) is 18.8. The van der Waals surface area contributed by atoms with Gasteiger partial charge in [0.15, 0.2) is 5.82 Å². The number of hydrogen-bond acceptors (Lipinski definition) is 8. The van der Waals surface area contributed by atoms with Crippen molar-refractivity contribution in [3.05, 3.63) is 52.8 Å². The summed E-state index contributed by atoms with van der Waals surface area (Å²) in [5.41, 5.74) is 3.52. The third-order valence-corrected chi connectivity index (χ3v) is 7.42. The molecule has 186 valence electrons. The zero-order valence-electron chi connectivity index (χ0n) is 21.1. The summed E-state index contributed by atoms with van der Waals surface area (Å²) >= 11 is 0. The average molecular weight is 485 g/mol. The van der Waals surface area contributed by atoms with E-state index in [1.807, 2.05) is 43.1 Å². The molecule has 2 saturated heterocycles. The summed E-state index contributed by atoms with van der Waals surface area (Å²) in [6.07, 6.45) is 3.87. The van der Waals surface area contributed by atoms with Crippen molar-refractivity contribution in [3.63, 3.8) is 0 Å². The predicted molar refractivity (Wildman–Crippen MR) is 140 cm³/mol. The molecule has 2 aliphatic rings. The van der Waals surface area contributed by atoms with Gasteiger partial charge in [-0.2, -0.15) is 10.4 Å². The van der Waals surface area contributed by atoms with E-state index in [-0.39, 0.29) is 18.0 Å². The molecular formula is C27H32N8O. The Kier molecular flexibility index (Phi) is 6.70. The Bertz CT molecular complexity index is 1320. The first-order valence-electron chi connectivity index (χ1n) is 12.6. The van der Waals surface area contributed by atoms with Crippen molar-refractivity contribution in [2.45, 2.75) is 45.7 Å². The first-order chi connectivity index (χ1) is 17.5. The van der Waals surface area contributed by atoms with E-state index in [0.717, 1.165) is 65.9 Å². The van der Waals surface area contributed by atoms with Crippen LogP contribution in [0.3, 0.4) is 0 Å². The van der Waals surface area contributed by atoms with Crippen LogP contribution in [0.1, 0.15) is 48.2 Å². The molecule has 2 N–H and O–H groups in total. The van der Waals surface area contributed by atoms with Crippen molar-refractivity contribution >= 4 is 28.3 Å². The summed E-state index contributed by atoms with van der Waals surface area (Å²) in [5.74, 6) is 1.79. The molecule has 2 atom stereocenters. The molecule has 9 heteroatoms. The highest BCUT2D eigenvalue weighted by atomic mass is 16.2. The standard InChI is InChI=1S/C27H32N8O/c1-17-20(15-28)6-4-7-21(17)18(2)31-26-22-14-25(30-16-23(22)19(3)32-33-26)34-10-12-35(13-11-34)27(36)24-8-5-9-29-24/h4,6-7,14,16,18,24,29H,5,8-13H2,1-3H3,(H,31,33)/t18-,24-/m1/s1. The van der Waals surface area contributed by atoms with Gasteiger partial charge in [-0.15, -0.1) is 5.10 Å². The van der Waals surface area contributed by atoms with Crippen LogP contribution in [0.2, 0.25) is 0 Å². The van der Waals surface area contributed by atoms with Crippen molar-refractivity contribution in [1.82, 2.24) is 25.4 Å². The first-order valence-corrected chi connectivity index (χ1v) is 12.6. The van der Waals surface area contributed by atoms with Crippen LogP contribution in [0, 0.1) is 25.2 Å². The number of carbonyl (C=O) groups excluding carboxylic acids is 1. The molecule has 1 amide bonds. The zero-order chi connectivity index (χ0) is 25.2. The van der Waals surface area contributed by atoms with E-state index < -0.39 is 0 Å². The monoisotopic (exact) mass is 484 g/mol. The number of fused-ring (bicyclic) bond motifs is 1. The molecule has 0 unspecified atom stereocenters.